The van der Waals surface area contributed by atoms with Crippen LogP contribution in [-0.4, -0.2) is 27.5 Å². The third kappa shape index (κ3) is 6.87. The number of allylic oxidation sites excluding steroid dienone is 1. The molecule has 20 heavy (non-hydrogen) atoms. The van der Waals surface area contributed by atoms with E-state index >= 15 is 0 Å². The Labute approximate surface area is 123 Å². The van der Waals surface area contributed by atoms with Gasteiger partial charge in [-0.1, -0.05) is 32.9 Å². The van der Waals surface area contributed by atoms with Gasteiger partial charge in [0.15, 0.2) is 8.32 Å². The lowest BCUT2D eigenvalue weighted by Crippen LogP contribution is -2.40. The zero-order chi connectivity index (χ0) is 15.8. The van der Waals surface area contributed by atoms with E-state index in [1.54, 1.807) is 13.0 Å². The van der Waals surface area contributed by atoms with E-state index in [1.807, 2.05) is 6.08 Å². The summed E-state index contributed by atoms with van der Waals surface area (Å²) in [5.41, 5.74) is 0. The molecule has 0 rings (SSSR count). The zero-order valence-electron chi connectivity index (χ0n) is 13.5. The van der Waals surface area contributed by atoms with E-state index < -0.39 is 14.2 Å². The van der Waals surface area contributed by atoms with E-state index in [9.17, 15) is 4.79 Å². The van der Waals surface area contributed by atoms with Crippen LogP contribution >= 0.6 is 0 Å². The van der Waals surface area contributed by atoms with Crippen molar-refractivity contribution in [2.24, 2.45) is 5.92 Å². The normalized spacial score (nSPS) is 14.1. The highest BCUT2D eigenvalue weighted by Crippen LogP contribution is 2.36. The average molecular weight is 297 g/mol. The minimum Gasteiger partial charge on any atom is -0.466 e. The van der Waals surface area contributed by atoms with Gasteiger partial charge in [-0.25, -0.2) is 0 Å². The third-order valence-corrected chi connectivity index (χ3v) is 8.07. The van der Waals surface area contributed by atoms with Gasteiger partial charge in [-0.05, 0) is 25.1 Å². The molecule has 1 atom stereocenters. The standard InChI is InChI=1S/C15H27NO3Si/c1-7-18-14(17)11-13(12-16)9-8-10-19-20(5,6)15(2,3)4/h8-9,13H,7,10-11H2,1-6H3/b9-8+/t13-/m1/s1. The number of ether oxygens (including phenoxy) is 1. The van der Waals surface area contributed by atoms with E-state index in [0.29, 0.717) is 13.2 Å². The molecule has 114 valence electrons. The van der Waals surface area contributed by atoms with Crippen LogP contribution in [0.15, 0.2) is 12.2 Å². The Hall–Kier alpha value is -1.12. The number of carbonyl (C=O) groups excluding carboxylic acids is 1. The second-order valence-electron chi connectivity index (χ2n) is 6.24. The Balaban J connectivity index is 4.29. The molecule has 0 aliphatic carbocycles. The van der Waals surface area contributed by atoms with Gasteiger partial charge in [0.25, 0.3) is 0 Å². The first-order chi connectivity index (χ1) is 9.14. The first-order valence-electron chi connectivity index (χ1n) is 7.00. The van der Waals surface area contributed by atoms with Gasteiger partial charge in [0.05, 0.1) is 31.6 Å². The summed E-state index contributed by atoms with van der Waals surface area (Å²) in [5.74, 6) is -0.786. The van der Waals surface area contributed by atoms with Gasteiger partial charge in [-0.3, -0.25) is 4.79 Å². The van der Waals surface area contributed by atoms with Crippen LogP contribution in [0.1, 0.15) is 34.1 Å². The monoisotopic (exact) mass is 297 g/mol. The quantitative estimate of drug-likeness (QED) is 0.409. The molecule has 0 bridgehead atoms. The summed E-state index contributed by atoms with van der Waals surface area (Å²) in [6.07, 6.45) is 3.65. The lowest BCUT2D eigenvalue weighted by atomic mass is 10.1. The second-order valence-corrected chi connectivity index (χ2v) is 11.1. The van der Waals surface area contributed by atoms with E-state index in [0.717, 1.165) is 0 Å². The first-order valence-corrected chi connectivity index (χ1v) is 9.90. The van der Waals surface area contributed by atoms with Crippen molar-refractivity contribution in [2.75, 3.05) is 13.2 Å². The first kappa shape index (κ1) is 18.9. The molecule has 5 heteroatoms. The summed E-state index contributed by atoms with van der Waals surface area (Å²) in [4.78, 5) is 11.3. The topological polar surface area (TPSA) is 59.3 Å². The molecule has 0 saturated heterocycles. The number of nitrogens with zero attached hydrogens (tertiary/aromatic N) is 1. The molecule has 0 unspecified atom stereocenters. The SMILES string of the molecule is CCOC(=O)C[C@H](C#N)/C=C/CO[Si](C)(C)C(C)(C)C. The van der Waals surface area contributed by atoms with Crippen LogP contribution in [0.25, 0.3) is 0 Å². The molecule has 0 aromatic rings. The lowest BCUT2D eigenvalue weighted by Gasteiger charge is -2.35. The van der Waals surface area contributed by atoms with Crippen molar-refractivity contribution >= 4 is 14.3 Å². The van der Waals surface area contributed by atoms with Crippen molar-refractivity contribution in [3.05, 3.63) is 12.2 Å². The molecule has 0 aliphatic heterocycles. The molecule has 0 radical (unpaired) electrons. The zero-order valence-corrected chi connectivity index (χ0v) is 14.5. The maximum absolute atomic E-state index is 11.3. The van der Waals surface area contributed by atoms with Gasteiger partial charge in [0.1, 0.15) is 0 Å². The number of rotatable bonds is 7. The molecule has 0 amide bonds. The van der Waals surface area contributed by atoms with Crippen molar-refractivity contribution in [3.8, 4) is 6.07 Å². The molecule has 0 saturated carbocycles. The fourth-order valence-corrected chi connectivity index (χ4v) is 2.19. The fraction of sp³-hybridized carbons (Fsp3) is 0.733. The molecule has 0 aliphatic rings. The average Bonchev–Trinajstić information content (AvgIpc) is 2.31. The van der Waals surface area contributed by atoms with E-state index in [1.165, 1.54) is 0 Å². The molecule has 0 aromatic carbocycles. The highest BCUT2D eigenvalue weighted by molar-refractivity contribution is 6.74. The summed E-state index contributed by atoms with van der Waals surface area (Å²) in [6, 6.07) is 2.09. The number of hydrogen-bond acceptors (Lipinski definition) is 4. The summed E-state index contributed by atoms with van der Waals surface area (Å²) in [6.45, 7) is 13.5. The summed E-state index contributed by atoms with van der Waals surface area (Å²) < 4.78 is 10.8. The Bertz CT molecular complexity index is 378. The van der Waals surface area contributed by atoms with E-state index in [2.05, 4.69) is 39.9 Å². The minimum atomic E-state index is -1.76. The molecule has 0 spiro atoms. The van der Waals surface area contributed by atoms with Crippen LogP contribution in [0.4, 0.5) is 0 Å². The molecule has 0 heterocycles. The lowest BCUT2D eigenvalue weighted by molar-refractivity contribution is -0.143. The fourth-order valence-electron chi connectivity index (χ4n) is 1.25. The molecule has 0 aromatic heterocycles. The number of carbonyl (C=O) groups is 1. The van der Waals surface area contributed by atoms with Gasteiger partial charge in [-0.15, -0.1) is 0 Å². The van der Waals surface area contributed by atoms with Crippen molar-refractivity contribution in [1.29, 1.82) is 5.26 Å². The van der Waals surface area contributed by atoms with Gasteiger partial charge in [0.2, 0.25) is 0 Å². The van der Waals surface area contributed by atoms with Crippen molar-refractivity contribution in [1.82, 2.24) is 0 Å². The largest absolute Gasteiger partial charge is 0.466 e. The summed E-state index contributed by atoms with van der Waals surface area (Å²) >= 11 is 0. The number of nitriles is 1. The Morgan fingerprint density at radius 1 is 1.40 bits per heavy atom. The van der Waals surface area contributed by atoms with Gasteiger partial charge < -0.3 is 9.16 Å². The maximum Gasteiger partial charge on any atom is 0.307 e. The highest BCUT2D eigenvalue weighted by Gasteiger charge is 2.36. The Kier molecular flexibility index (Phi) is 7.77. The van der Waals surface area contributed by atoms with Crippen LogP contribution in [0.2, 0.25) is 18.1 Å². The van der Waals surface area contributed by atoms with Crippen molar-refractivity contribution in [3.63, 3.8) is 0 Å². The molecular formula is C15H27NO3Si. The van der Waals surface area contributed by atoms with Gasteiger partial charge in [-0.2, -0.15) is 5.26 Å². The molecular weight excluding hydrogens is 270 g/mol. The van der Waals surface area contributed by atoms with Crippen molar-refractivity contribution in [2.45, 2.75) is 52.2 Å². The summed E-state index contributed by atoms with van der Waals surface area (Å²) in [5, 5.41) is 9.16. The van der Waals surface area contributed by atoms with Crippen LogP contribution in [-0.2, 0) is 14.0 Å². The predicted molar refractivity (Wildman–Crippen MR) is 82.6 cm³/mol. The van der Waals surface area contributed by atoms with Crippen LogP contribution in [0, 0.1) is 17.2 Å². The molecule has 0 fully saturated rings. The second kappa shape index (κ2) is 8.23. The maximum atomic E-state index is 11.3. The highest BCUT2D eigenvalue weighted by atomic mass is 28.4. The number of hydrogen-bond donors (Lipinski definition) is 0. The van der Waals surface area contributed by atoms with Crippen LogP contribution in [0.3, 0.4) is 0 Å². The Morgan fingerprint density at radius 3 is 2.45 bits per heavy atom. The van der Waals surface area contributed by atoms with Crippen molar-refractivity contribution < 1.29 is 14.0 Å². The number of esters is 1. The van der Waals surface area contributed by atoms with E-state index in [-0.39, 0.29) is 17.4 Å². The van der Waals surface area contributed by atoms with Crippen LogP contribution < -0.4 is 0 Å². The molecule has 0 N–H and O–H groups in total. The molecule has 4 nitrogen and oxygen atoms in total. The summed E-state index contributed by atoms with van der Waals surface area (Å²) in [7, 11) is -1.76. The smallest absolute Gasteiger partial charge is 0.307 e. The van der Waals surface area contributed by atoms with Crippen LogP contribution in [0.5, 0.6) is 0 Å². The van der Waals surface area contributed by atoms with Gasteiger partial charge >= 0.3 is 5.97 Å². The van der Waals surface area contributed by atoms with Gasteiger partial charge in [0, 0.05) is 0 Å². The Morgan fingerprint density at radius 2 is 2.00 bits per heavy atom. The van der Waals surface area contributed by atoms with E-state index in [4.69, 9.17) is 14.4 Å². The predicted octanol–water partition coefficient (Wildman–Crippen LogP) is 3.66. The minimum absolute atomic E-state index is 0.0981. The third-order valence-electron chi connectivity index (χ3n) is 3.57.